The maximum atomic E-state index is 10.0. The fourth-order valence-electron chi connectivity index (χ4n) is 2.24. The highest BCUT2D eigenvalue weighted by Crippen LogP contribution is 2.28. The first-order valence-electron chi connectivity index (χ1n) is 7.00. The summed E-state index contributed by atoms with van der Waals surface area (Å²) >= 11 is 0. The first kappa shape index (κ1) is 20.9. The Kier molecular flexibility index (Phi) is 6.71. The molecule has 0 spiro atoms. The van der Waals surface area contributed by atoms with Gasteiger partial charge in [0.1, 0.15) is 23.1 Å². The number of aromatic hydroxyl groups is 1. The van der Waals surface area contributed by atoms with Crippen LogP contribution in [-0.2, 0) is 0 Å². The van der Waals surface area contributed by atoms with E-state index in [1.54, 1.807) is 42.6 Å². The van der Waals surface area contributed by atoms with E-state index >= 15 is 0 Å². The second-order valence-corrected chi connectivity index (χ2v) is 5.16. The van der Waals surface area contributed by atoms with E-state index in [9.17, 15) is 5.11 Å². The summed E-state index contributed by atoms with van der Waals surface area (Å²) in [6.45, 7) is 0. The van der Waals surface area contributed by atoms with Crippen molar-refractivity contribution < 1.29 is 5.11 Å². The normalized spacial score (nSPS) is 9.69. The Morgan fingerprint density at radius 2 is 1.62 bits per heavy atom. The molecule has 136 valence electrons. The third-order valence-electron chi connectivity index (χ3n) is 3.50. The summed E-state index contributed by atoms with van der Waals surface area (Å²) in [6.07, 6.45) is 1.64. The van der Waals surface area contributed by atoms with Crippen molar-refractivity contribution in [1.82, 2.24) is 15.0 Å². The first-order chi connectivity index (χ1) is 11.5. The fraction of sp³-hybridized carbons (Fsp3) is 0. The van der Waals surface area contributed by atoms with Gasteiger partial charge in [-0.2, -0.15) is 0 Å². The number of nitrogens with one attached hydrogen (secondary N) is 2. The molecule has 0 amide bonds. The van der Waals surface area contributed by atoms with Gasteiger partial charge in [-0.25, -0.2) is 4.68 Å². The molecule has 0 unspecified atom stereocenters. The van der Waals surface area contributed by atoms with Crippen molar-refractivity contribution in [2.24, 2.45) is 11.5 Å². The number of amidine groups is 2. The van der Waals surface area contributed by atoms with E-state index in [1.165, 1.54) is 10.7 Å². The predicted octanol–water partition coefficient (Wildman–Crippen LogP) is 2.05. The van der Waals surface area contributed by atoms with Crippen LogP contribution in [0, 0.1) is 10.8 Å². The lowest BCUT2D eigenvalue weighted by atomic mass is 10.1. The van der Waals surface area contributed by atoms with Crippen molar-refractivity contribution in [2.45, 2.75) is 0 Å². The second-order valence-electron chi connectivity index (χ2n) is 5.16. The SMILES string of the molecule is Cl.Cl.N=C(N)c1cccc(-n2cc(-c3cc(C(=N)N)ccc3O)nn2)c1. The molecule has 2 aromatic carbocycles. The molecular weight excluding hydrogens is 377 g/mol. The molecule has 10 heteroatoms. The lowest BCUT2D eigenvalue weighted by Crippen LogP contribution is -2.11. The monoisotopic (exact) mass is 393 g/mol. The number of rotatable bonds is 4. The Morgan fingerprint density at radius 1 is 0.962 bits per heavy atom. The molecule has 0 fully saturated rings. The number of hydrogen-bond donors (Lipinski definition) is 5. The number of hydrogen-bond acceptors (Lipinski definition) is 5. The van der Waals surface area contributed by atoms with Crippen LogP contribution in [0.4, 0.5) is 0 Å². The first-order valence-corrected chi connectivity index (χ1v) is 7.00. The van der Waals surface area contributed by atoms with Gasteiger partial charge in [-0.15, -0.1) is 29.9 Å². The van der Waals surface area contributed by atoms with Crippen LogP contribution in [0.2, 0.25) is 0 Å². The standard InChI is InChI=1S/C16H15N7O.2ClH/c17-15(18)9-2-1-3-11(6-9)23-8-13(21-22-23)12-7-10(16(19)20)4-5-14(12)24;;/h1-8,24H,(H3,17,18)(H3,19,20);2*1H. The van der Waals surface area contributed by atoms with Crippen molar-refractivity contribution in [1.29, 1.82) is 10.8 Å². The highest BCUT2D eigenvalue weighted by molar-refractivity contribution is 5.96. The van der Waals surface area contributed by atoms with Crippen molar-refractivity contribution in [3.63, 3.8) is 0 Å². The van der Waals surface area contributed by atoms with Crippen LogP contribution in [0.15, 0.2) is 48.7 Å². The zero-order chi connectivity index (χ0) is 17.3. The Bertz CT molecular complexity index is 955. The van der Waals surface area contributed by atoms with E-state index in [0.717, 1.165) is 0 Å². The summed E-state index contributed by atoms with van der Waals surface area (Å²) in [5.74, 6) is -0.119. The Morgan fingerprint density at radius 3 is 2.27 bits per heavy atom. The molecule has 1 heterocycles. The summed E-state index contributed by atoms with van der Waals surface area (Å²) in [6, 6.07) is 11.6. The number of nitrogens with zero attached hydrogens (tertiary/aromatic N) is 3. The number of aromatic nitrogens is 3. The topological polar surface area (TPSA) is 151 Å². The van der Waals surface area contributed by atoms with Gasteiger partial charge in [0.15, 0.2) is 0 Å². The van der Waals surface area contributed by atoms with E-state index in [0.29, 0.717) is 28.1 Å². The molecule has 3 aromatic rings. The van der Waals surface area contributed by atoms with Crippen LogP contribution in [0.3, 0.4) is 0 Å². The number of phenols is 1. The van der Waals surface area contributed by atoms with E-state index in [1.807, 2.05) is 0 Å². The molecule has 3 rings (SSSR count). The molecule has 0 aliphatic heterocycles. The van der Waals surface area contributed by atoms with E-state index in [4.69, 9.17) is 22.3 Å². The summed E-state index contributed by atoms with van der Waals surface area (Å²) in [5, 5.41) is 33.1. The molecule has 0 saturated heterocycles. The third-order valence-corrected chi connectivity index (χ3v) is 3.50. The lowest BCUT2D eigenvalue weighted by molar-refractivity contribution is 0.477. The Labute approximate surface area is 161 Å². The Balaban J connectivity index is 0.00000169. The van der Waals surface area contributed by atoms with Crippen molar-refractivity contribution in [3.05, 3.63) is 59.8 Å². The van der Waals surface area contributed by atoms with Crippen LogP contribution < -0.4 is 11.5 Å². The minimum Gasteiger partial charge on any atom is -0.507 e. The molecule has 0 aliphatic carbocycles. The zero-order valence-corrected chi connectivity index (χ0v) is 15.0. The minimum atomic E-state index is -0.0993. The van der Waals surface area contributed by atoms with Crippen LogP contribution in [-0.4, -0.2) is 31.8 Å². The third kappa shape index (κ3) is 4.11. The van der Waals surface area contributed by atoms with Crippen LogP contribution >= 0.6 is 24.8 Å². The van der Waals surface area contributed by atoms with Crippen molar-refractivity contribution in [3.8, 4) is 22.7 Å². The van der Waals surface area contributed by atoms with Crippen molar-refractivity contribution in [2.75, 3.05) is 0 Å². The Hall–Kier alpha value is -3.10. The van der Waals surface area contributed by atoms with Gasteiger partial charge in [-0.1, -0.05) is 17.3 Å². The number of phenolic OH excluding ortho intramolecular Hbond substituents is 1. The molecule has 0 aliphatic rings. The smallest absolute Gasteiger partial charge is 0.125 e. The van der Waals surface area contributed by atoms with Gasteiger partial charge in [0.25, 0.3) is 0 Å². The molecule has 0 saturated carbocycles. The average Bonchev–Trinajstić information content (AvgIpc) is 3.05. The fourth-order valence-corrected chi connectivity index (χ4v) is 2.24. The van der Waals surface area contributed by atoms with E-state index in [2.05, 4.69) is 10.3 Å². The minimum absolute atomic E-state index is 0. The summed E-state index contributed by atoms with van der Waals surface area (Å²) in [5.41, 5.74) is 13.6. The zero-order valence-electron chi connectivity index (χ0n) is 13.4. The molecule has 0 bridgehead atoms. The van der Waals surface area contributed by atoms with Crippen molar-refractivity contribution >= 4 is 36.5 Å². The summed E-state index contributed by atoms with van der Waals surface area (Å²) < 4.78 is 1.52. The van der Waals surface area contributed by atoms with E-state index in [-0.39, 0.29) is 42.2 Å². The molecule has 0 radical (unpaired) electrons. The highest BCUT2D eigenvalue weighted by Gasteiger charge is 2.12. The quantitative estimate of drug-likeness (QED) is 0.339. The van der Waals surface area contributed by atoms with Crippen LogP contribution in [0.25, 0.3) is 16.9 Å². The van der Waals surface area contributed by atoms with Gasteiger partial charge in [0, 0.05) is 16.7 Å². The van der Waals surface area contributed by atoms with Gasteiger partial charge >= 0.3 is 0 Å². The molecule has 7 N–H and O–H groups in total. The summed E-state index contributed by atoms with van der Waals surface area (Å²) in [7, 11) is 0. The van der Waals surface area contributed by atoms with Gasteiger partial charge in [-0.05, 0) is 30.3 Å². The number of benzene rings is 2. The second kappa shape index (κ2) is 8.32. The predicted molar refractivity (Wildman–Crippen MR) is 105 cm³/mol. The highest BCUT2D eigenvalue weighted by atomic mass is 35.5. The van der Waals surface area contributed by atoms with E-state index < -0.39 is 0 Å². The molecule has 0 atom stereocenters. The number of halogens is 2. The molecule has 8 nitrogen and oxygen atoms in total. The van der Waals surface area contributed by atoms with Crippen LogP contribution in [0.1, 0.15) is 11.1 Å². The lowest BCUT2D eigenvalue weighted by Gasteiger charge is -2.04. The maximum absolute atomic E-state index is 10.0. The largest absolute Gasteiger partial charge is 0.507 e. The number of nitrogen functional groups attached to an aromatic ring is 2. The van der Waals surface area contributed by atoms with Gasteiger partial charge < -0.3 is 16.6 Å². The van der Waals surface area contributed by atoms with Gasteiger partial charge in [0.05, 0.1) is 11.9 Å². The molecule has 1 aromatic heterocycles. The molecular formula is C16H17Cl2N7O. The number of nitrogens with two attached hydrogens (primary N) is 2. The van der Waals surface area contributed by atoms with Crippen LogP contribution in [0.5, 0.6) is 5.75 Å². The van der Waals surface area contributed by atoms with Gasteiger partial charge in [0.2, 0.25) is 0 Å². The maximum Gasteiger partial charge on any atom is 0.125 e. The van der Waals surface area contributed by atoms with Gasteiger partial charge in [-0.3, -0.25) is 10.8 Å². The average molecular weight is 394 g/mol. The summed E-state index contributed by atoms with van der Waals surface area (Å²) in [4.78, 5) is 0. The molecule has 26 heavy (non-hydrogen) atoms.